The number of carbonyl (C=O) groups is 2. The molecule has 1 N–H and O–H groups in total. The number of rotatable bonds is 3. The smallest absolute Gasteiger partial charge is 0.265 e. The fraction of sp³-hybridized carbons (Fsp3) is 0.250. The number of hydrogen-bond donors (Lipinski definition) is 1. The largest absolute Gasteiger partial charge is 0.309 e. The number of nitrogens with zero attached hydrogens (tertiary/aromatic N) is 2. The fourth-order valence-electron chi connectivity index (χ4n) is 4.02. The molecule has 3 heterocycles. The summed E-state index contributed by atoms with van der Waals surface area (Å²) in [6, 6.07) is 15.5. The van der Waals surface area contributed by atoms with Crippen LogP contribution in [0.4, 0.5) is 0 Å². The van der Waals surface area contributed by atoms with Crippen LogP contribution in [0.1, 0.15) is 44.6 Å². The van der Waals surface area contributed by atoms with E-state index in [2.05, 4.69) is 6.07 Å². The summed E-state index contributed by atoms with van der Waals surface area (Å²) >= 11 is 1.72. The monoisotopic (exact) mass is 364 g/mol. The molecule has 130 valence electrons. The highest BCUT2D eigenvalue weighted by Gasteiger charge is 2.41. The van der Waals surface area contributed by atoms with Crippen molar-refractivity contribution in [3.63, 3.8) is 0 Å². The first kappa shape index (κ1) is 15.7. The van der Waals surface area contributed by atoms with Crippen LogP contribution >= 0.6 is 11.3 Å². The van der Waals surface area contributed by atoms with Crippen molar-refractivity contribution in [3.05, 3.63) is 64.7 Å². The van der Waals surface area contributed by atoms with Gasteiger partial charge >= 0.3 is 0 Å². The summed E-state index contributed by atoms with van der Waals surface area (Å²) in [5, 5.41) is 1.11. The summed E-state index contributed by atoms with van der Waals surface area (Å²) in [5.74, 6) is -0.346. The Kier molecular flexibility index (Phi) is 3.62. The van der Waals surface area contributed by atoms with Gasteiger partial charge in [-0.25, -0.2) is 9.88 Å². The second-order valence-corrected chi connectivity index (χ2v) is 7.93. The molecule has 2 atom stereocenters. The van der Waals surface area contributed by atoms with Gasteiger partial charge in [-0.15, -0.1) is 11.3 Å². The summed E-state index contributed by atoms with van der Waals surface area (Å²) in [6.45, 7) is 1.36. The molecule has 2 aromatic carbocycles. The SMILES string of the molecule is O=C1c2ccccc2C(=O)N1C[NH+]1CCC[C@H]1c1nc2ccccc2s1. The lowest BCUT2D eigenvalue weighted by Gasteiger charge is -2.24. The van der Waals surface area contributed by atoms with E-state index in [0.29, 0.717) is 17.8 Å². The number of amides is 2. The number of imide groups is 1. The predicted octanol–water partition coefficient (Wildman–Crippen LogP) is 2.27. The molecule has 1 aromatic heterocycles. The molecule has 1 saturated heterocycles. The van der Waals surface area contributed by atoms with Gasteiger partial charge in [-0.05, 0) is 24.3 Å². The van der Waals surface area contributed by atoms with Gasteiger partial charge in [0.1, 0.15) is 6.04 Å². The van der Waals surface area contributed by atoms with Crippen molar-refractivity contribution in [3.8, 4) is 0 Å². The van der Waals surface area contributed by atoms with Crippen molar-refractivity contribution in [1.82, 2.24) is 9.88 Å². The molecule has 3 aromatic rings. The average molecular weight is 364 g/mol. The zero-order chi connectivity index (χ0) is 17.7. The van der Waals surface area contributed by atoms with E-state index >= 15 is 0 Å². The molecule has 1 fully saturated rings. The Morgan fingerprint density at radius 3 is 2.46 bits per heavy atom. The van der Waals surface area contributed by atoms with Crippen LogP contribution in [-0.2, 0) is 0 Å². The van der Waals surface area contributed by atoms with E-state index in [1.807, 2.05) is 18.2 Å². The minimum absolute atomic E-state index is 0.173. The van der Waals surface area contributed by atoms with Crippen molar-refractivity contribution in [2.24, 2.45) is 0 Å². The van der Waals surface area contributed by atoms with Crippen LogP contribution < -0.4 is 4.90 Å². The average Bonchev–Trinajstić information content (AvgIpc) is 3.35. The topological polar surface area (TPSA) is 54.7 Å². The Bertz CT molecular complexity index is 961. The lowest BCUT2D eigenvalue weighted by Crippen LogP contribution is -3.12. The molecule has 0 radical (unpaired) electrons. The molecule has 2 aliphatic rings. The van der Waals surface area contributed by atoms with E-state index in [9.17, 15) is 9.59 Å². The van der Waals surface area contributed by atoms with E-state index in [0.717, 1.165) is 29.9 Å². The van der Waals surface area contributed by atoms with Crippen molar-refractivity contribution in [1.29, 1.82) is 0 Å². The van der Waals surface area contributed by atoms with Crippen molar-refractivity contribution >= 4 is 33.4 Å². The van der Waals surface area contributed by atoms with Gasteiger partial charge in [0.2, 0.25) is 0 Å². The summed E-state index contributed by atoms with van der Waals surface area (Å²) in [7, 11) is 0. The molecule has 26 heavy (non-hydrogen) atoms. The Labute approximate surface area is 154 Å². The fourth-order valence-corrected chi connectivity index (χ4v) is 5.18. The molecule has 0 saturated carbocycles. The predicted molar refractivity (Wildman–Crippen MR) is 99.2 cm³/mol. The van der Waals surface area contributed by atoms with Crippen molar-refractivity contribution in [2.45, 2.75) is 18.9 Å². The van der Waals surface area contributed by atoms with Crippen LogP contribution in [0.3, 0.4) is 0 Å². The van der Waals surface area contributed by atoms with Gasteiger partial charge in [-0.2, -0.15) is 0 Å². The number of fused-ring (bicyclic) bond motifs is 2. The van der Waals surface area contributed by atoms with Crippen LogP contribution in [0, 0.1) is 0 Å². The van der Waals surface area contributed by atoms with Gasteiger partial charge in [-0.3, -0.25) is 9.59 Å². The first-order valence-electron chi connectivity index (χ1n) is 8.87. The van der Waals surface area contributed by atoms with Gasteiger partial charge in [-0.1, -0.05) is 24.3 Å². The molecule has 5 nitrogen and oxygen atoms in total. The third kappa shape index (κ3) is 2.37. The Balaban J connectivity index is 1.42. The van der Waals surface area contributed by atoms with Gasteiger partial charge in [0.25, 0.3) is 11.8 Å². The van der Waals surface area contributed by atoms with Gasteiger partial charge in [0, 0.05) is 12.8 Å². The van der Waals surface area contributed by atoms with E-state index < -0.39 is 0 Å². The zero-order valence-electron chi connectivity index (χ0n) is 14.1. The molecule has 6 heteroatoms. The molecule has 2 amide bonds. The van der Waals surface area contributed by atoms with Gasteiger partial charge < -0.3 is 4.90 Å². The second-order valence-electron chi connectivity index (χ2n) is 6.86. The van der Waals surface area contributed by atoms with Gasteiger partial charge in [0.05, 0.1) is 27.9 Å². The number of benzene rings is 2. The lowest BCUT2D eigenvalue weighted by molar-refractivity contribution is -0.925. The number of thiazole rings is 1. The van der Waals surface area contributed by atoms with Crippen LogP contribution in [0.5, 0.6) is 0 Å². The third-order valence-corrected chi connectivity index (χ3v) is 6.48. The number of hydrogen-bond acceptors (Lipinski definition) is 4. The third-order valence-electron chi connectivity index (χ3n) is 5.33. The summed E-state index contributed by atoms with van der Waals surface area (Å²) in [5.41, 5.74) is 2.07. The maximum atomic E-state index is 12.7. The van der Waals surface area contributed by atoms with E-state index in [1.165, 1.54) is 14.5 Å². The minimum Gasteiger partial charge on any atom is -0.309 e. The lowest BCUT2D eigenvalue weighted by atomic mass is 10.1. The highest BCUT2D eigenvalue weighted by Crippen LogP contribution is 2.29. The van der Waals surface area contributed by atoms with Crippen LogP contribution in [0.2, 0.25) is 0 Å². The summed E-state index contributed by atoms with van der Waals surface area (Å²) in [4.78, 5) is 32.8. The Morgan fingerprint density at radius 1 is 1.04 bits per heavy atom. The van der Waals surface area contributed by atoms with Crippen molar-refractivity contribution < 1.29 is 14.5 Å². The zero-order valence-corrected chi connectivity index (χ0v) is 15.0. The second kappa shape index (κ2) is 6.00. The number of quaternary nitrogens is 1. The standard InChI is InChI=1S/C20H17N3O2S/c24-19-13-6-1-2-7-14(13)20(25)23(19)12-22-11-5-9-16(22)18-21-15-8-3-4-10-17(15)26-18/h1-4,6-8,10,16H,5,9,11-12H2/p+1/t16-/m0/s1. The van der Waals surface area contributed by atoms with Crippen LogP contribution in [-0.4, -0.2) is 34.9 Å². The van der Waals surface area contributed by atoms with Gasteiger partial charge in [0.15, 0.2) is 11.7 Å². The number of para-hydroxylation sites is 1. The molecular formula is C20H18N3O2S+. The quantitative estimate of drug-likeness (QED) is 0.726. The molecular weight excluding hydrogens is 346 g/mol. The molecule has 1 unspecified atom stereocenters. The molecule has 2 aliphatic heterocycles. The maximum absolute atomic E-state index is 12.7. The minimum atomic E-state index is -0.173. The van der Waals surface area contributed by atoms with E-state index in [-0.39, 0.29) is 17.9 Å². The number of nitrogens with one attached hydrogen (secondary N) is 1. The first-order valence-corrected chi connectivity index (χ1v) is 9.69. The van der Waals surface area contributed by atoms with Crippen LogP contribution in [0.25, 0.3) is 10.2 Å². The normalized spacial score (nSPS) is 22.4. The number of likely N-dealkylation sites (tertiary alicyclic amines) is 1. The summed E-state index contributed by atoms with van der Waals surface area (Å²) < 4.78 is 1.19. The molecule has 0 bridgehead atoms. The Morgan fingerprint density at radius 2 is 1.73 bits per heavy atom. The summed E-state index contributed by atoms with van der Waals surface area (Å²) in [6.07, 6.45) is 2.12. The maximum Gasteiger partial charge on any atom is 0.265 e. The number of carbonyl (C=O) groups excluding carboxylic acids is 2. The van der Waals surface area contributed by atoms with Crippen LogP contribution in [0.15, 0.2) is 48.5 Å². The molecule has 0 spiro atoms. The highest BCUT2D eigenvalue weighted by atomic mass is 32.1. The highest BCUT2D eigenvalue weighted by molar-refractivity contribution is 7.18. The number of aromatic nitrogens is 1. The molecule has 5 rings (SSSR count). The molecule has 0 aliphatic carbocycles. The van der Waals surface area contributed by atoms with E-state index in [1.54, 1.807) is 35.6 Å². The van der Waals surface area contributed by atoms with Crippen molar-refractivity contribution in [2.75, 3.05) is 13.2 Å². The first-order chi connectivity index (χ1) is 12.7. The Hall–Kier alpha value is -2.57. The van der Waals surface area contributed by atoms with E-state index in [4.69, 9.17) is 4.98 Å².